The lowest BCUT2D eigenvalue weighted by Gasteiger charge is -2.09. The molecule has 8 heteroatoms. The number of nitrogens with zero attached hydrogens (tertiary/aromatic N) is 3. The van der Waals surface area contributed by atoms with Crippen LogP contribution in [0.2, 0.25) is 5.02 Å². The van der Waals surface area contributed by atoms with Gasteiger partial charge in [-0.3, -0.25) is 4.79 Å². The molecule has 0 bridgehead atoms. The summed E-state index contributed by atoms with van der Waals surface area (Å²) in [6, 6.07) is 7.57. The number of halogens is 1. The van der Waals surface area contributed by atoms with E-state index in [1.54, 1.807) is 12.3 Å². The third kappa shape index (κ3) is 4.10. The van der Waals surface area contributed by atoms with Crippen LogP contribution >= 0.6 is 11.6 Å². The van der Waals surface area contributed by atoms with Gasteiger partial charge in [-0.15, -0.1) is 0 Å². The van der Waals surface area contributed by atoms with Gasteiger partial charge >= 0.3 is 5.97 Å². The van der Waals surface area contributed by atoms with E-state index < -0.39 is 5.97 Å². The number of hydrogen-bond donors (Lipinski definition) is 1. The average Bonchev–Trinajstić information content (AvgIpc) is 3.30. The molecular weight excluding hydrogens is 394 g/mol. The summed E-state index contributed by atoms with van der Waals surface area (Å²) in [5.41, 5.74) is 3.66. The van der Waals surface area contributed by atoms with Gasteiger partial charge in [0.05, 0.1) is 18.1 Å². The summed E-state index contributed by atoms with van der Waals surface area (Å²) >= 11 is 6.24. The molecule has 0 saturated heterocycles. The van der Waals surface area contributed by atoms with E-state index >= 15 is 0 Å². The van der Waals surface area contributed by atoms with E-state index in [0.717, 1.165) is 29.5 Å². The molecule has 0 radical (unpaired) electrons. The maximum Gasteiger partial charge on any atom is 0.303 e. The number of carbonyl (C=O) groups is 1. The van der Waals surface area contributed by atoms with Crippen molar-refractivity contribution in [3.05, 3.63) is 46.6 Å². The fourth-order valence-corrected chi connectivity index (χ4v) is 3.79. The molecule has 7 nitrogen and oxygen atoms in total. The number of ether oxygens (including phenoxy) is 1. The second-order valence-corrected chi connectivity index (χ2v) is 7.75. The molecule has 1 aromatic carbocycles. The smallest absolute Gasteiger partial charge is 0.303 e. The van der Waals surface area contributed by atoms with E-state index in [2.05, 4.69) is 15.1 Å². The number of benzene rings is 1. The highest BCUT2D eigenvalue weighted by Crippen LogP contribution is 2.37. The van der Waals surface area contributed by atoms with E-state index in [1.165, 1.54) is 0 Å². The first-order valence-corrected chi connectivity index (χ1v) is 9.79. The van der Waals surface area contributed by atoms with Crippen molar-refractivity contribution in [2.24, 2.45) is 0 Å². The van der Waals surface area contributed by atoms with Gasteiger partial charge in [0.15, 0.2) is 0 Å². The Hall–Kier alpha value is -2.93. The average molecular weight is 414 g/mol. The molecule has 3 aromatic rings. The summed E-state index contributed by atoms with van der Waals surface area (Å²) in [7, 11) is 0. The Morgan fingerprint density at radius 2 is 2.17 bits per heavy atom. The molecule has 150 valence electrons. The first kappa shape index (κ1) is 19.4. The zero-order chi connectivity index (χ0) is 20.5. The van der Waals surface area contributed by atoms with Crippen molar-refractivity contribution in [2.45, 2.75) is 45.1 Å². The number of aryl methyl sites for hydroxylation is 1. The first-order chi connectivity index (χ1) is 13.9. The van der Waals surface area contributed by atoms with Crippen molar-refractivity contribution >= 4 is 17.6 Å². The summed E-state index contributed by atoms with van der Waals surface area (Å²) in [5, 5.41) is 13.5. The van der Waals surface area contributed by atoms with Gasteiger partial charge in [-0.25, -0.2) is 4.98 Å². The van der Waals surface area contributed by atoms with Crippen LogP contribution in [0.5, 0.6) is 5.88 Å². The van der Waals surface area contributed by atoms with Crippen LogP contribution < -0.4 is 4.74 Å². The predicted octanol–water partition coefficient (Wildman–Crippen LogP) is 4.74. The zero-order valence-electron chi connectivity index (χ0n) is 16.1. The number of carboxylic acids is 1. The highest BCUT2D eigenvalue weighted by Gasteiger charge is 2.25. The fraction of sp³-hybridized carbons (Fsp3) is 0.333. The number of hydrogen-bond acceptors (Lipinski definition) is 6. The van der Waals surface area contributed by atoms with Gasteiger partial charge in [-0.2, -0.15) is 4.98 Å². The Labute approximate surface area is 172 Å². The van der Waals surface area contributed by atoms with E-state index in [1.807, 2.05) is 32.0 Å². The minimum Gasteiger partial charge on any atom is -0.481 e. The van der Waals surface area contributed by atoms with Gasteiger partial charge in [-0.1, -0.05) is 28.9 Å². The number of fused-ring (bicyclic) bond motifs is 1. The summed E-state index contributed by atoms with van der Waals surface area (Å²) in [4.78, 5) is 19.7. The molecule has 0 spiro atoms. The molecule has 0 amide bonds. The third-order valence-electron chi connectivity index (χ3n) is 4.85. The Balaban J connectivity index is 1.57. The largest absolute Gasteiger partial charge is 0.481 e. The number of pyridine rings is 1. The zero-order valence-corrected chi connectivity index (χ0v) is 16.8. The number of rotatable bonds is 6. The highest BCUT2D eigenvalue weighted by molar-refractivity contribution is 6.32. The third-order valence-corrected chi connectivity index (χ3v) is 5.12. The van der Waals surface area contributed by atoms with Crippen LogP contribution in [0.25, 0.3) is 22.8 Å². The topological polar surface area (TPSA) is 98.3 Å². The first-order valence-electron chi connectivity index (χ1n) is 9.42. The molecular formula is C21H20ClN3O4. The standard InChI is InChI=1S/C21H20ClN3O4/c1-11(2)28-21-17(22)8-15(10-23-21)20-24-19(25-29-20)14-5-6-16-12(7-14)3-4-13(16)9-18(26)27/h5-8,10-11,13H,3-4,9H2,1-2H3,(H,26,27). The maximum atomic E-state index is 11.0. The monoisotopic (exact) mass is 413 g/mol. The lowest BCUT2D eigenvalue weighted by molar-refractivity contribution is -0.137. The highest BCUT2D eigenvalue weighted by atomic mass is 35.5. The number of aromatic nitrogens is 3. The van der Waals surface area contributed by atoms with Gasteiger partial charge in [0, 0.05) is 11.8 Å². The molecule has 2 aromatic heterocycles. The van der Waals surface area contributed by atoms with Crippen LogP contribution in [0, 0.1) is 0 Å². The molecule has 1 unspecified atom stereocenters. The lowest BCUT2D eigenvalue weighted by Crippen LogP contribution is -2.07. The van der Waals surface area contributed by atoms with Crippen LogP contribution in [-0.4, -0.2) is 32.3 Å². The molecule has 1 N–H and O–H groups in total. The normalized spacial score (nSPS) is 15.5. The minimum absolute atomic E-state index is 0.0317. The van der Waals surface area contributed by atoms with Gasteiger partial charge < -0.3 is 14.4 Å². The van der Waals surface area contributed by atoms with Crippen molar-refractivity contribution in [3.63, 3.8) is 0 Å². The SMILES string of the molecule is CC(C)Oc1ncc(-c2nc(-c3ccc4c(c3)CCC4CC(=O)O)no2)cc1Cl. The van der Waals surface area contributed by atoms with Crippen molar-refractivity contribution < 1.29 is 19.2 Å². The van der Waals surface area contributed by atoms with Crippen molar-refractivity contribution in [3.8, 4) is 28.7 Å². The molecule has 0 saturated carbocycles. The molecule has 29 heavy (non-hydrogen) atoms. The molecule has 1 aliphatic carbocycles. The Kier molecular flexibility index (Phi) is 5.24. The van der Waals surface area contributed by atoms with E-state index in [4.69, 9.17) is 26.0 Å². The van der Waals surface area contributed by atoms with Gasteiger partial charge in [0.1, 0.15) is 5.02 Å². The van der Waals surface area contributed by atoms with Crippen molar-refractivity contribution in [1.82, 2.24) is 15.1 Å². The molecule has 4 rings (SSSR count). The quantitative estimate of drug-likeness (QED) is 0.622. The number of carboxylic acid groups (broad SMARTS) is 1. The summed E-state index contributed by atoms with van der Waals surface area (Å²) in [6.07, 6.45) is 3.40. The number of aliphatic carboxylic acids is 1. The Bertz CT molecular complexity index is 1060. The molecule has 0 aliphatic heterocycles. The van der Waals surface area contributed by atoms with Crippen LogP contribution in [0.1, 0.15) is 43.7 Å². The van der Waals surface area contributed by atoms with Crippen LogP contribution in [0.15, 0.2) is 35.0 Å². The summed E-state index contributed by atoms with van der Waals surface area (Å²) in [5.74, 6) is 0.432. The maximum absolute atomic E-state index is 11.0. The van der Waals surface area contributed by atoms with Gasteiger partial charge in [0.25, 0.3) is 5.89 Å². The molecule has 0 fully saturated rings. The Morgan fingerprint density at radius 1 is 1.34 bits per heavy atom. The molecule has 1 aliphatic rings. The second kappa shape index (κ2) is 7.83. The summed E-state index contributed by atoms with van der Waals surface area (Å²) < 4.78 is 10.9. The lowest BCUT2D eigenvalue weighted by atomic mass is 9.97. The van der Waals surface area contributed by atoms with Gasteiger partial charge in [0.2, 0.25) is 11.7 Å². The minimum atomic E-state index is -0.771. The summed E-state index contributed by atoms with van der Waals surface area (Å²) in [6.45, 7) is 3.80. The van der Waals surface area contributed by atoms with Gasteiger partial charge in [-0.05, 0) is 55.9 Å². The van der Waals surface area contributed by atoms with E-state index in [-0.39, 0.29) is 18.4 Å². The Morgan fingerprint density at radius 3 is 2.90 bits per heavy atom. The van der Waals surface area contributed by atoms with E-state index in [0.29, 0.717) is 28.2 Å². The van der Waals surface area contributed by atoms with Crippen LogP contribution in [-0.2, 0) is 11.2 Å². The molecule has 2 heterocycles. The van der Waals surface area contributed by atoms with Crippen LogP contribution in [0.3, 0.4) is 0 Å². The van der Waals surface area contributed by atoms with Crippen molar-refractivity contribution in [2.75, 3.05) is 0 Å². The van der Waals surface area contributed by atoms with Crippen molar-refractivity contribution in [1.29, 1.82) is 0 Å². The fourth-order valence-electron chi connectivity index (χ4n) is 3.58. The second-order valence-electron chi connectivity index (χ2n) is 7.35. The molecule has 1 atom stereocenters. The van der Waals surface area contributed by atoms with E-state index in [9.17, 15) is 4.79 Å². The predicted molar refractivity (Wildman–Crippen MR) is 107 cm³/mol. The van der Waals surface area contributed by atoms with Crippen LogP contribution in [0.4, 0.5) is 0 Å².